The molecule has 1 saturated heterocycles. The molecule has 0 aromatic carbocycles. The van der Waals surface area contributed by atoms with E-state index in [9.17, 15) is 4.79 Å². The van der Waals surface area contributed by atoms with Crippen molar-refractivity contribution in [3.63, 3.8) is 0 Å². The lowest BCUT2D eigenvalue weighted by atomic mass is 9.89. The first-order valence-corrected chi connectivity index (χ1v) is 4.58. The SMILES string of the molecule is Cl.Cl.O=CNC1=NCC2(CCNCC2)N1. The van der Waals surface area contributed by atoms with Crippen LogP contribution in [0, 0.1) is 0 Å². The number of halogens is 2. The lowest BCUT2D eigenvalue weighted by molar-refractivity contribution is -0.108. The Kier molecular flexibility index (Phi) is 5.93. The lowest BCUT2D eigenvalue weighted by Crippen LogP contribution is -2.54. The van der Waals surface area contributed by atoms with Gasteiger partial charge in [-0.15, -0.1) is 24.8 Å². The molecule has 0 aromatic rings. The molecule has 2 aliphatic rings. The fourth-order valence-electron chi connectivity index (χ4n) is 1.89. The highest BCUT2D eigenvalue weighted by Crippen LogP contribution is 2.21. The van der Waals surface area contributed by atoms with E-state index in [1.807, 2.05) is 0 Å². The second-order valence-corrected chi connectivity index (χ2v) is 3.58. The Morgan fingerprint density at radius 2 is 2.00 bits per heavy atom. The highest BCUT2D eigenvalue weighted by atomic mass is 35.5. The predicted molar refractivity (Wildman–Crippen MR) is 64.0 cm³/mol. The molecule has 0 unspecified atom stereocenters. The van der Waals surface area contributed by atoms with Crippen molar-refractivity contribution in [3.8, 4) is 0 Å². The summed E-state index contributed by atoms with van der Waals surface area (Å²) >= 11 is 0. The third-order valence-corrected chi connectivity index (χ3v) is 2.68. The number of hydrogen-bond donors (Lipinski definition) is 3. The van der Waals surface area contributed by atoms with Crippen molar-refractivity contribution >= 4 is 37.2 Å². The number of hydrogen-bond acceptors (Lipinski definition) is 4. The zero-order valence-electron chi connectivity index (χ0n) is 8.28. The Hall–Kier alpha value is -0.520. The second-order valence-electron chi connectivity index (χ2n) is 3.58. The van der Waals surface area contributed by atoms with Crippen LogP contribution in [0.3, 0.4) is 0 Å². The van der Waals surface area contributed by atoms with Gasteiger partial charge in [0.2, 0.25) is 6.41 Å². The molecule has 0 radical (unpaired) electrons. The van der Waals surface area contributed by atoms with Crippen LogP contribution in [-0.2, 0) is 4.79 Å². The van der Waals surface area contributed by atoms with Crippen molar-refractivity contribution in [2.45, 2.75) is 18.4 Å². The highest BCUT2D eigenvalue weighted by Gasteiger charge is 2.36. The van der Waals surface area contributed by atoms with Gasteiger partial charge in [-0.05, 0) is 25.9 Å². The smallest absolute Gasteiger partial charge is 0.213 e. The first kappa shape index (κ1) is 14.5. The van der Waals surface area contributed by atoms with Gasteiger partial charge in [-0.25, -0.2) is 0 Å². The molecule has 0 aromatic heterocycles. The van der Waals surface area contributed by atoms with Crippen LogP contribution < -0.4 is 16.0 Å². The van der Waals surface area contributed by atoms with Crippen molar-refractivity contribution < 1.29 is 4.79 Å². The molecule has 0 bridgehead atoms. The third kappa shape index (κ3) is 3.22. The van der Waals surface area contributed by atoms with Gasteiger partial charge in [0.15, 0.2) is 5.96 Å². The Bertz CT molecular complexity index is 241. The van der Waals surface area contributed by atoms with Gasteiger partial charge in [0.1, 0.15) is 0 Å². The molecular weight excluding hydrogens is 239 g/mol. The summed E-state index contributed by atoms with van der Waals surface area (Å²) in [4.78, 5) is 14.4. The number of guanidine groups is 1. The van der Waals surface area contributed by atoms with E-state index in [1.165, 1.54) is 0 Å². The minimum Gasteiger partial charge on any atom is -0.349 e. The van der Waals surface area contributed by atoms with Gasteiger partial charge in [-0.3, -0.25) is 15.1 Å². The van der Waals surface area contributed by atoms with Crippen molar-refractivity contribution in [1.82, 2.24) is 16.0 Å². The van der Waals surface area contributed by atoms with E-state index >= 15 is 0 Å². The second kappa shape index (κ2) is 6.15. The molecular formula is C8H16Cl2N4O. The molecule has 5 nitrogen and oxygen atoms in total. The van der Waals surface area contributed by atoms with Crippen LogP contribution in [0.15, 0.2) is 4.99 Å². The fraction of sp³-hybridized carbons (Fsp3) is 0.750. The van der Waals surface area contributed by atoms with Crippen LogP contribution in [0.1, 0.15) is 12.8 Å². The molecule has 0 atom stereocenters. The Balaban J connectivity index is 0.000000980. The Morgan fingerprint density at radius 1 is 1.33 bits per heavy atom. The van der Waals surface area contributed by atoms with E-state index in [0.717, 1.165) is 32.5 Å². The van der Waals surface area contributed by atoms with E-state index in [1.54, 1.807) is 0 Å². The van der Waals surface area contributed by atoms with Crippen molar-refractivity contribution in [3.05, 3.63) is 0 Å². The first-order chi connectivity index (χ1) is 6.35. The van der Waals surface area contributed by atoms with E-state index in [2.05, 4.69) is 20.9 Å². The normalized spacial score (nSPS) is 21.7. The van der Waals surface area contributed by atoms with E-state index in [4.69, 9.17) is 0 Å². The molecule has 7 heteroatoms. The molecule has 2 aliphatic heterocycles. The maximum Gasteiger partial charge on any atom is 0.213 e. The lowest BCUT2D eigenvalue weighted by Gasteiger charge is -2.33. The average Bonchev–Trinajstić information content (AvgIpc) is 2.51. The maximum absolute atomic E-state index is 10.2. The zero-order valence-corrected chi connectivity index (χ0v) is 9.92. The number of carbonyl (C=O) groups excluding carboxylic acids is 1. The minimum atomic E-state index is 0. The molecule has 15 heavy (non-hydrogen) atoms. The molecule has 88 valence electrons. The molecule has 2 rings (SSSR count). The zero-order chi connectivity index (χ0) is 9.15. The van der Waals surface area contributed by atoms with Crippen LogP contribution in [0.4, 0.5) is 0 Å². The van der Waals surface area contributed by atoms with Gasteiger partial charge >= 0.3 is 0 Å². The Labute approximate surface area is 101 Å². The largest absolute Gasteiger partial charge is 0.349 e. The van der Waals surface area contributed by atoms with Crippen LogP contribution in [0.25, 0.3) is 0 Å². The summed E-state index contributed by atoms with van der Waals surface area (Å²) in [6.07, 6.45) is 2.80. The fourth-order valence-corrected chi connectivity index (χ4v) is 1.89. The van der Waals surface area contributed by atoms with E-state index in [0.29, 0.717) is 12.4 Å². The topological polar surface area (TPSA) is 65.5 Å². The highest BCUT2D eigenvalue weighted by molar-refractivity contribution is 5.90. The van der Waals surface area contributed by atoms with Crippen LogP contribution in [-0.4, -0.2) is 37.5 Å². The summed E-state index contributed by atoms with van der Waals surface area (Å²) in [5.74, 6) is 0.622. The number of aliphatic imine (C=N–C) groups is 1. The minimum absolute atomic E-state index is 0. The summed E-state index contributed by atoms with van der Waals surface area (Å²) in [7, 11) is 0. The average molecular weight is 255 g/mol. The third-order valence-electron chi connectivity index (χ3n) is 2.68. The van der Waals surface area contributed by atoms with Crippen molar-refractivity contribution in [2.24, 2.45) is 4.99 Å². The van der Waals surface area contributed by atoms with Crippen LogP contribution >= 0.6 is 24.8 Å². The quantitative estimate of drug-likeness (QED) is 0.561. The number of nitrogens with zero attached hydrogens (tertiary/aromatic N) is 1. The molecule has 2 heterocycles. The number of nitrogens with one attached hydrogen (secondary N) is 3. The summed E-state index contributed by atoms with van der Waals surface area (Å²) in [5.41, 5.74) is 0.108. The molecule has 1 amide bonds. The van der Waals surface area contributed by atoms with Crippen molar-refractivity contribution in [2.75, 3.05) is 19.6 Å². The monoisotopic (exact) mass is 254 g/mol. The van der Waals surface area contributed by atoms with Gasteiger partial charge in [0.25, 0.3) is 0 Å². The number of carbonyl (C=O) groups is 1. The van der Waals surface area contributed by atoms with Gasteiger partial charge < -0.3 is 10.6 Å². The maximum atomic E-state index is 10.2. The number of piperidine rings is 1. The summed E-state index contributed by atoms with van der Waals surface area (Å²) < 4.78 is 0. The predicted octanol–water partition coefficient (Wildman–Crippen LogP) is -0.343. The van der Waals surface area contributed by atoms with Crippen LogP contribution in [0.2, 0.25) is 0 Å². The van der Waals surface area contributed by atoms with Gasteiger partial charge in [-0.1, -0.05) is 0 Å². The van der Waals surface area contributed by atoms with Crippen LogP contribution in [0.5, 0.6) is 0 Å². The standard InChI is InChI=1S/C8H14N4O.2ClH/c13-6-11-7-10-5-8(12-7)1-3-9-4-2-8;;/h6,9H,1-5H2,(H2,10,11,12,13);2*1H. The van der Waals surface area contributed by atoms with Crippen molar-refractivity contribution in [1.29, 1.82) is 0 Å². The molecule has 3 N–H and O–H groups in total. The van der Waals surface area contributed by atoms with E-state index in [-0.39, 0.29) is 30.4 Å². The summed E-state index contributed by atoms with van der Waals surface area (Å²) in [6, 6.07) is 0. The summed E-state index contributed by atoms with van der Waals surface area (Å²) in [5, 5.41) is 9.13. The number of rotatable bonds is 1. The van der Waals surface area contributed by atoms with Gasteiger partial charge in [0, 0.05) is 0 Å². The Morgan fingerprint density at radius 3 is 2.60 bits per heavy atom. The first-order valence-electron chi connectivity index (χ1n) is 4.58. The van der Waals surface area contributed by atoms with E-state index < -0.39 is 0 Å². The van der Waals surface area contributed by atoms with Gasteiger partial charge in [-0.2, -0.15) is 0 Å². The van der Waals surface area contributed by atoms with Gasteiger partial charge in [0.05, 0.1) is 12.1 Å². The molecule has 0 aliphatic carbocycles. The molecule has 1 fully saturated rings. The molecule has 1 spiro atoms. The molecule has 0 saturated carbocycles. The summed E-state index contributed by atoms with van der Waals surface area (Å²) in [6.45, 7) is 2.83. The number of amides is 1.